The van der Waals surface area contributed by atoms with Crippen molar-refractivity contribution >= 4 is 16.8 Å². The van der Waals surface area contributed by atoms with Gasteiger partial charge in [0.05, 0.1) is 25.3 Å². The van der Waals surface area contributed by atoms with Crippen molar-refractivity contribution in [3.63, 3.8) is 0 Å². The minimum absolute atomic E-state index is 0.00535. The van der Waals surface area contributed by atoms with Crippen LogP contribution in [0.2, 0.25) is 0 Å². The summed E-state index contributed by atoms with van der Waals surface area (Å²) in [5.74, 6) is 0.809. The molecule has 3 aromatic rings. The smallest absolute Gasteiger partial charge is 0.220 e. The quantitative estimate of drug-likeness (QED) is 0.659. The molecule has 1 aromatic carbocycles. The number of benzene rings is 1. The molecule has 1 amide bonds. The first-order valence-electron chi connectivity index (χ1n) is 11.5. The van der Waals surface area contributed by atoms with Gasteiger partial charge in [-0.05, 0) is 43.6 Å². The van der Waals surface area contributed by atoms with Gasteiger partial charge in [0.15, 0.2) is 0 Å². The number of hydrogen-bond donors (Lipinski definition) is 1. The van der Waals surface area contributed by atoms with E-state index in [2.05, 4.69) is 31.6 Å². The number of hydrogen-bond acceptors (Lipinski definition) is 6. The number of ether oxygens (including phenoxy) is 1. The van der Waals surface area contributed by atoms with Crippen molar-refractivity contribution in [1.82, 2.24) is 24.3 Å². The van der Waals surface area contributed by atoms with Gasteiger partial charge in [0.1, 0.15) is 12.1 Å². The minimum atomic E-state index is -0.342. The number of piperidine rings is 1. The number of likely N-dealkylation sites (tertiary alicyclic amines) is 1. The molecular formula is C25H31N5O3. The second-order valence-electron chi connectivity index (χ2n) is 9.35. The van der Waals surface area contributed by atoms with Crippen LogP contribution in [0.3, 0.4) is 0 Å². The van der Waals surface area contributed by atoms with Gasteiger partial charge in [0.2, 0.25) is 5.91 Å². The maximum atomic E-state index is 12.7. The fraction of sp³-hybridized carbons (Fsp3) is 0.480. The summed E-state index contributed by atoms with van der Waals surface area (Å²) in [5.41, 5.74) is 4.38. The molecule has 33 heavy (non-hydrogen) atoms. The number of aryl methyl sites for hydroxylation is 1. The molecule has 5 rings (SSSR count). The maximum absolute atomic E-state index is 12.7. The first-order chi connectivity index (χ1) is 16.0. The molecule has 0 aliphatic carbocycles. The molecule has 0 unspecified atom stereocenters. The van der Waals surface area contributed by atoms with Crippen LogP contribution in [0, 0.1) is 0 Å². The van der Waals surface area contributed by atoms with Crippen LogP contribution in [0.5, 0.6) is 5.75 Å². The van der Waals surface area contributed by atoms with Crippen molar-refractivity contribution in [2.75, 3.05) is 33.4 Å². The molecule has 1 N–H and O–H groups in total. The standard InChI is InChI=1S/C25H31N5O3/c1-17(32)30-15-25(6-8-29(9-7-25)13-18-11-26-16-27-12-18)23-20-5-4-19(33-3)10-21(20)28(2)24(23)22(30)14-31/h4-5,10-12,16,22,31H,6-9,13-15H2,1-3H3/t22-/m1/s1. The monoisotopic (exact) mass is 449 g/mol. The highest BCUT2D eigenvalue weighted by Gasteiger charge is 2.48. The number of aromatic nitrogens is 3. The lowest BCUT2D eigenvalue weighted by atomic mass is 9.68. The van der Waals surface area contributed by atoms with Crippen molar-refractivity contribution in [3.05, 3.63) is 53.7 Å². The van der Waals surface area contributed by atoms with Crippen LogP contribution in [-0.4, -0.2) is 68.7 Å². The van der Waals surface area contributed by atoms with Gasteiger partial charge >= 0.3 is 0 Å². The Kier molecular flexibility index (Phi) is 5.58. The third-order valence-electron chi connectivity index (χ3n) is 7.56. The Morgan fingerprint density at radius 3 is 2.61 bits per heavy atom. The molecule has 2 aromatic heterocycles. The largest absolute Gasteiger partial charge is 0.497 e. The van der Waals surface area contributed by atoms with E-state index in [1.54, 1.807) is 20.4 Å². The van der Waals surface area contributed by atoms with Crippen LogP contribution in [0.4, 0.5) is 0 Å². The van der Waals surface area contributed by atoms with E-state index in [1.165, 1.54) is 10.9 Å². The molecule has 0 radical (unpaired) electrons. The van der Waals surface area contributed by atoms with Gasteiger partial charge in [-0.2, -0.15) is 0 Å². The van der Waals surface area contributed by atoms with E-state index < -0.39 is 0 Å². The van der Waals surface area contributed by atoms with Gasteiger partial charge in [-0.1, -0.05) is 0 Å². The predicted octanol–water partition coefficient (Wildman–Crippen LogP) is 2.41. The zero-order chi connectivity index (χ0) is 23.2. The average molecular weight is 450 g/mol. The molecule has 1 fully saturated rings. The Hall–Kier alpha value is -2.97. The van der Waals surface area contributed by atoms with E-state index in [-0.39, 0.29) is 24.0 Å². The summed E-state index contributed by atoms with van der Waals surface area (Å²) in [7, 11) is 3.71. The Morgan fingerprint density at radius 2 is 1.97 bits per heavy atom. The summed E-state index contributed by atoms with van der Waals surface area (Å²) in [6.07, 6.45) is 7.19. The molecule has 1 spiro atoms. The molecule has 0 bridgehead atoms. The van der Waals surface area contributed by atoms with Gasteiger partial charge in [-0.25, -0.2) is 9.97 Å². The van der Waals surface area contributed by atoms with Crippen LogP contribution in [0.25, 0.3) is 10.9 Å². The fourth-order valence-electron chi connectivity index (χ4n) is 5.91. The third kappa shape index (κ3) is 3.57. The first-order valence-corrected chi connectivity index (χ1v) is 11.5. The zero-order valence-electron chi connectivity index (χ0n) is 19.5. The Labute approximate surface area is 193 Å². The van der Waals surface area contributed by atoms with Crippen molar-refractivity contribution in [2.24, 2.45) is 7.05 Å². The molecule has 2 aliphatic rings. The molecule has 174 valence electrons. The van der Waals surface area contributed by atoms with Crippen LogP contribution in [0.1, 0.15) is 42.6 Å². The number of amides is 1. The van der Waals surface area contributed by atoms with Crippen molar-refractivity contribution in [3.8, 4) is 5.75 Å². The van der Waals surface area contributed by atoms with Crippen molar-refractivity contribution in [1.29, 1.82) is 0 Å². The van der Waals surface area contributed by atoms with Crippen LogP contribution >= 0.6 is 0 Å². The Morgan fingerprint density at radius 1 is 1.24 bits per heavy atom. The highest BCUT2D eigenvalue weighted by Crippen LogP contribution is 2.50. The highest BCUT2D eigenvalue weighted by molar-refractivity contribution is 5.89. The Balaban J connectivity index is 1.57. The van der Waals surface area contributed by atoms with Gasteiger partial charge < -0.3 is 19.3 Å². The predicted molar refractivity (Wildman–Crippen MR) is 125 cm³/mol. The van der Waals surface area contributed by atoms with E-state index in [0.717, 1.165) is 55.0 Å². The topological polar surface area (TPSA) is 83.7 Å². The van der Waals surface area contributed by atoms with E-state index in [9.17, 15) is 9.90 Å². The van der Waals surface area contributed by atoms with Crippen LogP contribution in [-0.2, 0) is 23.8 Å². The second-order valence-corrected chi connectivity index (χ2v) is 9.35. The lowest BCUT2D eigenvalue weighted by Crippen LogP contribution is -2.55. The third-order valence-corrected chi connectivity index (χ3v) is 7.56. The highest BCUT2D eigenvalue weighted by atomic mass is 16.5. The summed E-state index contributed by atoms with van der Waals surface area (Å²) in [6, 6.07) is 5.86. The number of aliphatic hydroxyl groups excluding tert-OH is 1. The van der Waals surface area contributed by atoms with Crippen LogP contribution < -0.4 is 4.74 Å². The number of carbonyl (C=O) groups excluding carboxylic acids is 1. The molecule has 8 heteroatoms. The summed E-state index contributed by atoms with van der Waals surface area (Å²) in [6.45, 7) is 4.83. The lowest BCUT2D eigenvalue weighted by molar-refractivity contribution is -0.135. The summed E-state index contributed by atoms with van der Waals surface area (Å²) < 4.78 is 7.64. The molecule has 1 saturated heterocycles. The summed E-state index contributed by atoms with van der Waals surface area (Å²) in [5, 5.41) is 11.5. The normalized spacial score (nSPS) is 20.2. The summed E-state index contributed by atoms with van der Waals surface area (Å²) in [4.78, 5) is 25.3. The number of aliphatic hydroxyl groups is 1. The number of fused-ring (bicyclic) bond motifs is 4. The second kappa shape index (κ2) is 8.43. The van der Waals surface area contributed by atoms with Gasteiger partial charge in [0, 0.05) is 67.6 Å². The van der Waals surface area contributed by atoms with E-state index in [1.807, 2.05) is 30.4 Å². The number of carbonyl (C=O) groups is 1. The molecular weight excluding hydrogens is 418 g/mol. The molecule has 0 saturated carbocycles. The van der Waals surface area contributed by atoms with Gasteiger partial charge in [-0.3, -0.25) is 9.69 Å². The van der Waals surface area contributed by atoms with Crippen LogP contribution in [0.15, 0.2) is 36.9 Å². The number of rotatable bonds is 4. The lowest BCUT2D eigenvalue weighted by Gasteiger charge is -2.50. The number of methoxy groups -OCH3 is 1. The van der Waals surface area contributed by atoms with Crippen molar-refractivity contribution < 1.29 is 14.6 Å². The fourth-order valence-corrected chi connectivity index (χ4v) is 5.91. The van der Waals surface area contributed by atoms with E-state index in [4.69, 9.17) is 4.74 Å². The first kappa shape index (κ1) is 21.9. The molecule has 8 nitrogen and oxygen atoms in total. The molecule has 4 heterocycles. The maximum Gasteiger partial charge on any atom is 0.220 e. The van der Waals surface area contributed by atoms with Gasteiger partial charge in [0.25, 0.3) is 0 Å². The van der Waals surface area contributed by atoms with Crippen molar-refractivity contribution in [2.45, 2.75) is 37.8 Å². The zero-order valence-corrected chi connectivity index (χ0v) is 19.5. The van der Waals surface area contributed by atoms with Gasteiger partial charge in [-0.15, -0.1) is 0 Å². The SMILES string of the molecule is COc1ccc2c3c(n(C)c2c1)[C@@H](CO)N(C(C)=O)CC31CCN(Cc2cncnc2)CC1. The molecule has 2 aliphatic heterocycles. The van der Waals surface area contributed by atoms with E-state index in [0.29, 0.717) is 6.54 Å². The summed E-state index contributed by atoms with van der Waals surface area (Å²) >= 11 is 0. The number of nitrogens with zero attached hydrogens (tertiary/aromatic N) is 5. The van der Waals surface area contributed by atoms with E-state index >= 15 is 0 Å². The Bertz CT molecular complexity index is 1170. The molecule has 1 atom stereocenters. The minimum Gasteiger partial charge on any atom is -0.497 e. The average Bonchev–Trinajstić information content (AvgIpc) is 3.14.